The van der Waals surface area contributed by atoms with Crippen LogP contribution >= 0.6 is 0 Å². The molecule has 1 aromatic heterocycles. The number of morpholine rings is 1. The molecular formula is C23H32F3N5O2. The van der Waals surface area contributed by atoms with Crippen LogP contribution in [-0.4, -0.2) is 91.5 Å². The highest BCUT2D eigenvalue weighted by atomic mass is 19.4. The van der Waals surface area contributed by atoms with E-state index >= 15 is 0 Å². The van der Waals surface area contributed by atoms with E-state index in [2.05, 4.69) is 32.4 Å². The number of nitrogens with zero attached hydrogens (tertiary/aromatic N) is 5. The van der Waals surface area contributed by atoms with Gasteiger partial charge in [0.2, 0.25) is 0 Å². The zero-order valence-electron chi connectivity index (χ0n) is 19.1. The van der Waals surface area contributed by atoms with Crippen molar-refractivity contribution in [3.63, 3.8) is 0 Å². The van der Waals surface area contributed by atoms with Gasteiger partial charge in [-0.2, -0.15) is 5.10 Å². The first-order chi connectivity index (χ1) is 15.9. The van der Waals surface area contributed by atoms with Gasteiger partial charge in [0, 0.05) is 64.1 Å². The highest BCUT2D eigenvalue weighted by Gasteiger charge is 2.31. The number of anilines is 1. The fourth-order valence-electron chi connectivity index (χ4n) is 4.32. The van der Waals surface area contributed by atoms with Crippen LogP contribution < -0.4 is 9.64 Å². The highest BCUT2D eigenvalue weighted by Crippen LogP contribution is 2.26. The summed E-state index contributed by atoms with van der Waals surface area (Å²) in [5.74, 6) is 0.686. The molecule has 0 N–H and O–H groups in total. The van der Waals surface area contributed by atoms with Crippen LogP contribution in [0.15, 0.2) is 30.3 Å². The molecule has 0 unspecified atom stereocenters. The molecule has 0 radical (unpaired) electrons. The molecule has 0 aliphatic carbocycles. The van der Waals surface area contributed by atoms with E-state index in [0.29, 0.717) is 0 Å². The number of aromatic nitrogens is 2. The quantitative estimate of drug-likeness (QED) is 0.595. The van der Waals surface area contributed by atoms with E-state index in [-0.39, 0.29) is 5.75 Å². The Hall–Kier alpha value is -2.30. The van der Waals surface area contributed by atoms with Crippen molar-refractivity contribution >= 4 is 5.82 Å². The molecule has 2 aromatic rings. The van der Waals surface area contributed by atoms with Crippen LogP contribution in [-0.2, 0) is 11.2 Å². The first-order valence-electron chi connectivity index (χ1n) is 11.6. The predicted octanol–water partition coefficient (Wildman–Crippen LogP) is 3.18. The summed E-state index contributed by atoms with van der Waals surface area (Å²) in [6.45, 7) is 11.7. The van der Waals surface area contributed by atoms with Gasteiger partial charge in [-0.1, -0.05) is 13.3 Å². The van der Waals surface area contributed by atoms with Crippen molar-refractivity contribution in [1.29, 1.82) is 0 Å². The molecule has 10 heteroatoms. The zero-order valence-corrected chi connectivity index (χ0v) is 19.1. The molecule has 0 spiro atoms. The first-order valence-corrected chi connectivity index (χ1v) is 11.6. The summed E-state index contributed by atoms with van der Waals surface area (Å²) in [4.78, 5) is 7.25. The van der Waals surface area contributed by atoms with E-state index in [4.69, 9.17) is 9.84 Å². The van der Waals surface area contributed by atoms with E-state index in [1.807, 2.05) is 4.68 Å². The molecule has 2 aliphatic heterocycles. The second-order valence-corrected chi connectivity index (χ2v) is 8.48. The Kier molecular flexibility index (Phi) is 7.77. The second-order valence-electron chi connectivity index (χ2n) is 8.48. The lowest BCUT2D eigenvalue weighted by molar-refractivity contribution is -0.274. The minimum Gasteiger partial charge on any atom is -0.406 e. The van der Waals surface area contributed by atoms with Crippen LogP contribution in [0.4, 0.5) is 19.0 Å². The number of halogens is 3. The smallest absolute Gasteiger partial charge is 0.406 e. The van der Waals surface area contributed by atoms with E-state index < -0.39 is 6.36 Å². The third kappa shape index (κ3) is 6.61. The molecule has 0 saturated carbocycles. The van der Waals surface area contributed by atoms with E-state index in [9.17, 15) is 13.2 Å². The Labute approximate surface area is 192 Å². The van der Waals surface area contributed by atoms with Gasteiger partial charge in [0.15, 0.2) is 5.82 Å². The molecule has 182 valence electrons. The summed E-state index contributed by atoms with van der Waals surface area (Å²) < 4.78 is 48.6. The van der Waals surface area contributed by atoms with Crippen LogP contribution in [0.2, 0.25) is 0 Å². The van der Waals surface area contributed by atoms with Gasteiger partial charge >= 0.3 is 6.36 Å². The van der Waals surface area contributed by atoms with Crippen molar-refractivity contribution in [3.05, 3.63) is 36.0 Å². The highest BCUT2D eigenvalue weighted by molar-refractivity contribution is 5.46. The third-order valence-corrected chi connectivity index (χ3v) is 6.12. The van der Waals surface area contributed by atoms with E-state index in [1.54, 1.807) is 12.1 Å². The molecule has 2 saturated heterocycles. The largest absolute Gasteiger partial charge is 0.573 e. The van der Waals surface area contributed by atoms with Gasteiger partial charge in [0.05, 0.1) is 18.9 Å². The predicted molar refractivity (Wildman–Crippen MR) is 120 cm³/mol. The molecule has 1 aromatic carbocycles. The normalized spacial score (nSPS) is 18.6. The maximum Gasteiger partial charge on any atom is 0.573 e. The van der Waals surface area contributed by atoms with Crippen LogP contribution in [0.1, 0.15) is 19.0 Å². The van der Waals surface area contributed by atoms with Gasteiger partial charge in [0.25, 0.3) is 0 Å². The SMILES string of the molecule is CCCc1cc(N2CCN(CCN3CCOCC3)CC2)nn1-c1ccc(OC(F)(F)F)cc1. The maximum atomic E-state index is 12.5. The van der Waals surface area contributed by atoms with Gasteiger partial charge < -0.3 is 14.4 Å². The second kappa shape index (κ2) is 10.8. The molecule has 7 nitrogen and oxygen atoms in total. The molecule has 0 bridgehead atoms. The summed E-state index contributed by atoms with van der Waals surface area (Å²) in [7, 11) is 0. The lowest BCUT2D eigenvalue weighted by atomic mass is 10.2. The van der Waals surface area contributed by atoms with Crippen LogP contribution in [0.5, 0.6) is 5.75 Å². The van der Waals surface area contributed by atoms with E-state index in [0.717, 1.165) is 95.6 Å². The number of hydrogen-bond donors (Lipinski definition) is 0. The number of benzene rings is 1. The van der Waals surface area contributed by atoms with Gasteiger partial charge in [-0.3, -0.25) is 9.80 Å². The standard InChI is InChI=1S/C23H32F3N5O2/c1-2-3-20-18-22(27-31(20)19-4-6-21(7-5-19)33-23(24,25)26)30-12-10-28(11-13-30)8-9-29-14-16-32-17-15-29/h4-7,18H,2-3,8-17H2,1H3. The van der Waals surface area contributed by atoms with Crippen molar-refractivity contribution in [1.82, 2.24) is 19.6 Å². The maximum absolute atomic E-state index is 12.5. The van der Waals surface area contributed by atoms with Crippen molar-refractivity contribution < 1.29 is 22.6 Å². The number of ether oxygens (including phenoxy) is 2. The van der Waals surface area contributed by atoms with Crippen molar-refractivity contribution in [3.8, 4) is 11.4 Å². The summed E-state index contributed by atoms with van der Waals surface area (Å²) >= 11 is 0. The number of rotatable bonds is 8. The van der Waals surface area contributed by atoms with Crippen molar-refractivity contribution in [2.75, 3.05) is 70.5 Å². The molecule has 0 atom stereocenters. The third-order valence-electron chi connectivity index (χ3n) is 6.12. The Balaban J connectivity index is 1.37. The Morgan fingerprint density at radius 2 is 1.58 bits per heavy atom. The fraction of sp³-hybridized carbons (Fsp3) is 0.609. The molecule has 4 rings (SSSR count). The number of hydrogen-bond acceptors (Lipinski definition) is 6. The Bertz CT molecular complexity index is 873. The molecule has 2 aliphatic rings. The zero-order chi connectivity index (χ0) is 23.3. The monoisotopic (exact) mass is 467 g/mol. The minimum absolute atomic E-state index is 0.233. The van der Waals surface area contributed by atoms with Crippen molar-refractivity contribution in [2.24, 2.45) is 0 Å². The number of alkyl halides is 3. The lowest BCUT2D eigenvalue weighted by Gasteiger charge is -2.36. The summed E-state index contributed by atoms with van der Waals surface area (Å²) in [6, 6.07) is 7.98. The fourth-order valence-corrected chi connectivity index (χ4v) is 4.32. The Morgan fingerprint density at radius 3 is 2.18 bits per heavy atom. The lowest BCUT2D eigenvalue weighted by Crippen LogP contribution is -2.49. The molecule has 3 heterocycles. The Morgan fingerprint density at radius 1 is 0.939 bits per heavy atom. The van der Waals surface area contributed by atoms with Gasteiger partial charge in [-0.15, -0.1) is 13.2 Å². The average Bonchev–Trinajstić information content (AvgIpc) is 3.22. The summed E-state index contributed by atoms with van der Waals surface area (Å²) in [6.07, 6.45) is -2.90. The first kappa shape index (κ1) is 23.8. The molecule has 2 fully saturated rings. The van der Waals surface area contributed by atoms with Crippen LogP contribution in [0.25, 0.3) is 5.69 Å². The molecular weight excluding hydrogens is 435 g/mol. The number of aryl methyl sites for hydroxylation is 1. The minimum atomic E-state index is -4.70. The average molecular weight is 468 g/mol. The van der Waals surface area contributed by atoms with Crippen LogP contribution in [0.3, 0.4) is 0 Å². The summed E-state index contributed by atoms with van der Waals surface area (Å²) in [5, 5.41) is 4.81. The van der Waals surface area contributed by atoms with Crippen LogP contribution in [0, 0.1) is 0 Å². The number of piperazine rings is 1. The summed E-state index contributed by atoms with van der Waals surface area (Å²) in [5.41, 5.74) is 1.77. The van der Waals surface area contributed by atoms with E-state index in [1.165, 1.54) is 12.1 Å². The topological polar surface area (TPSA) is 46.0 Å². The van der Waals surface area contributed by atoms with Gasteiger partial charge in [-0.25, -0.2) is 4.68 Å². The molecule has 33 heavy (non-hydrogen) atoms. The van der Waals surface area contributed by atoms with Crippen molar-refractivity contribution in [2.45, 2.75) is 26.1 Å². The van der Waals surface area contributed by atoms with Gasteiger partial charge in [-0.05, 0) is 30.7 Å². The van der Waals surface area contributed by atoms with Gasteiger partial charge in [0.1, 0.15) is 5.75 Å². The molecule has 0 amide bonds.